The molecule has 1 saturated carbocycles. The van der Waals surface area contributed by atoms with Gasteiger partial charge in [0.2, 0.25) is 12.6 Å². The minimum absolute atomic E-state index is 0.121. The first kappa shape index (κ1) is 13.9. The molecule has 3 rings (SSSR count). The van der Waals surface area contributed by atoms with Gasteiger partial charge in [-0.15, -0.1) is 0 Å². The van der Waals surface area contributed by atoms with Crippen LogP contribution in [0.25, 0.3) is 0 Å². The van der Waals surface area contributed by atoms with Gasteiger partial charge in [0, 0.05) is 17.8 Å². The van der Waals surface area contributed by atoms with Gasteiger partial charge in [-0.3, -0.25) is 14.9 Å². The Labute approximate surface area is 122 Å². The summed E-state index contributed by atoms with van der Waals surface area (Å²) in [6.07, 6.45) is 3.07. The van der Waals surface area contributed by atoms with Crippen LogP contribution in [0.3, 0.4) is 0 Å². The van der Waals surface area contributed by atoms with E-state index in [2.05, 4.69) is 0 Å². The maximum Gasteiger partial charge on any atom is 0.283 e. The number of ketones is 1. The van der Waals surface area contributed by atoms with Crippen molar-refractivity contribution in [2.24, 2.45) is 0 Å². The zero-order valence-electron chi connectivity index (χ0n) is 11.7. The lowest BCUT2D eigenvalue weighted by Crippen LogP contribution is -2.47. The van der Waals surface area contributed by atoms with Crippen LogP contribution >= 0.6 is 0 Å². The van der Waals surface area contributed by atoms with Crippen molar-refractivity contribution < 1.29 is 19.2 Å². The molecule has 1 aromatic rings. The number of Topliss-reactive ketones (excluding diaryl/α,β-unsaturated/α-hetero) is 1. The molecule has 0 amide bonds. The molecule has 0 saturated heterocycles. The summed E-state index contributed by atoms with van der Waals surface area (Å²) in [5.74, 6) is 0.982. The molecule has 0 aromatic heterocycles. The fraction of sp³-hybridized carbons (Fsp3) is 0.533. The highest BCUT2D eigenvalue weighted by Gasteiger charge is 2.50. The zero-order valence-corrected chi connectivity index (χ0v) is 11.7. The summed E-state index contributed by atoms with van der Waals surface area (Å²) in [4.78, 5) is 23.5. The number of carbonyl (C=O) groups is 1. The van der Waals surface area contributed by atoms with E-state index in [1.54, 1.807) is 18.2 Å². The molecule has 0 bridgehead atoms. The van der Waals surface area contributed by atoms with E-state index in [4.69, 9.17) is 9.47 Å². The van der Waals surface area contributed by atoms with Gasteiger partial charge >= 0.3 is 0 Å². The molecular formula is C15H17NO5. The van der Waals surface area contributed by atoms with Gasteiger partial charge in [0.05, 0.1) is 6.42 Å². The van der Waals surface area contributed by atoms with Crippen molar-refractivity contribution in [3.63, 3.8) is 0 Å². The molecule has 1 atom stereocenters. The van der Waals surface area contributed by atoms with Crippen molar-refractivity contribution in [1.29, 1.82) is 0 Å². The first-order valence-corrected chi connectivity index (χ1v) is 7.18. The van der Waals surface area contributed by atoms with Crippen molar-refractivity contribution in [2.75, 3.05) is 6.79 Å². The summed E-state index contributed by atoms with van der Waals surface area (Å²) < 4.78 is 10.5. The van der Waals surface area contributed by atoms with Crippen LogP contribution in [0.2, 0.25) is 0 Å². The van der Waals surface area contributed by atoms with E-state index in [1.807, 2.05) is 0 Å². The largest absolute Gasteiger partial charge is 0.454 e. The summed E-state index contributed by atoms with van der Waals surface area (Å²) >= 11 is 0. The second-order valence-corrected chi connectivity index (χ2v) is 5.64. The maximum absolute atomic E-state index is 12.3. The summed E-state index contributed by atoms with van der Waals surface area (Å²) in [6, 6.07) is 5.26. The van der Waals surface area contributed by atoms with Gasteiger partial charge in [-0.2, -0.15) is 0 Å². The summed E-state index contributed by atoms with van der Waals surface area (Å²) in [7, 11) is 0. The number of benzene rings is 1. The summed E-state index contributed by atoms with van der Waals surface area (Å²) in [6.45, 7) is 0.165. The normalized spacial score (nSPS) is 24.7. The van der Waals surface area contributed by atoms with Crippen LogP contribution in [0.5, 0.6) is 11.5 Å². The molecule has 0 radical (unpaired) electrons. The Hall–Kier alpha value is -2.11. The van der Waals surface area contributed by atoms with Gasteiger partial charge in [-0.25, -0.2) is 0 Å². The van der Waals surface area contributed by atoms with Crippen LogP contribution in [-0.4, -0.2) is 23.0 Å². The van der Waals surface area contributed by atoms with E-state index in [0.717, 1.165) is 24.8 Å². The number of hydrogen-bond donors (Lipinski definition) is 0. The van der Waals surface area contributed by atoms with Gasteiger partial charge in [-0.1, -0.05) is 12.5 Å². The van der Waals surface area contributed by atoms with Crippen LogP contribution in [0.4, 0.5) is 0 Å². The third kappa shape index (κ3) is 2.46. The predicted octanol–water partition coefficient (Wildman–Crippen LogP) is 2.51. The van der Waals surface area contributed by atoms with E-state index >= 15 is 0 Å². The summed E-state index contributed by atoms with van der Waals surface area (Å²) in [5.41, 5.74) is -0.740. The van der Waals surface area contributed by atoms with Crippen molar-refractivity contribution in [2.45, 2.75) is 44.1 Å². The Balaban J connectivity index is 1.91. The van der Waals surface area contributed by atoms with E-state index in [1.165, 1.54) is 0 Å². The monoisotopic (exact) mass is 291 g/mol. The minimum Gasteiger partial charge on any atom is -0.454 e. The molecule has 0 spiro atoms. The highest BCUT2D eigenvalue weighted by molar-refractivity contribution is 5.87. The fourth-order valence-electron chi connectivity index (χ4n) is 3.09. The van der Waals surface area contributed by atoms with E-state index in [-0.39, 0.29) is 23.9 Å². The zero-order chi connectivity index (χ0) is 14.9. The second kappa shape index (κ2) is 5.35. The van der Waals surface area contributed by atoms with Crippen LogP contribution < -0.4 is 9.47 Å². The maximum atomic E-state index is 12.3. The molecular weight excluding hydrogens is 274 g/mol. The average molecular weight is 291 g/mol. The minimum atomic E-state index is -1.48. The van der Waals surface area contributed by atoms with Gasteiger partial charge in [-0.05, 0) is 30.5 Å². The molecule has 1 aromatic carbocycles. The van der Waals surface area contributed by atoms with Gasteiger partial charge in [0.25, 0.3) is 5.54 Å². The summed E-state index contributed by atoms with van der Waals surface area (Å²) in [5, 5.41) is 11.6. The van der Waals surface area contributed by atoms with Crippen molar-refractivity contribution in [3.8, 4) is 11.5 Å². The third-order valence-electron chi connectivity index (χ3n) is 4.30. The molecule has 6 heteroatoms. The number of nitro groups is 1. The quantitative estimate of drug-likeness (QED) is 0.485. The number of hydrogen-bond acceptors (Lipinski definition) is 5. The van der Waals surface area contributed by atoms with Crippen LogP contribution in [-0.2, 0) is 11.2 Å². The van der Waals surface area contributed by atoms with E-state index in [0.29, 0.717) is 24.3 Å². The second-order valence-electron chi connectivity index (χ2n) is 5.64. The molecule has 1 fully saturated rings. The van der Waals surface area contributed by atoms with Gasteiger partial charge < -0.3 is 9.47 Å². The first-order valence-electron chi connectivity index (χ1n) is 7.18. The number of carbonyl (C=O) groups excluding carboxylic acids is 1. The lowest BCUT2D eigenvalue weighted by atomic mass is 9.83. The molecule has 2 aliphatic rings. The molecule has 1 heterocycles. The number of rotatable bonds is 3. The predicted molar refractivity (Wildman–Crippen MR) is 74.1 cm³/mol. The van der Waals surface area contributed by atoms with Crippen LogP contribution in [0.1, 0.15) is 37.7 Å². The van der Waals surface area contributed by atoms with Gasteiger partial charge in [0.15, 0.2) is 11.5 Å². The van der Waals surface area contributed by atoms with Crippen molar-refractivity contribution in [1.82, 2.24) is 0 Å². The highest BCUT2D eigenvalue weighted by atomic mass is 16.7. The SMILES string of the molecule is O=C1CCCCCC1(Cc1ccc2c(c1)OCO2)[N+](=O)[O-]. The van der Waals surface area contributed by atoms with Crippen LogP contribution in [0.15, 0.2) is 18.2 Å². The van der Waals surface area contributed by atoms with Gasteiger partial charge in [0.1, 0.15) is 0 Å². The van der Waals surface area contributed by atoms with Crippen LogP contribution in [0, 0.1) is 10.1 Å². The molecule has 1 unspecified atom stereocenters. The van der Waals surface area contributed by atoms with Crippen molar-refractivity contribution in [3.05, 3.63) is 33.9 Å². The standard InChI is InChI=1S/C15H17NO5/c17-14-4-2-1-3-7-15(14,16(18)19)9-11-5-6-12-13(8-11)21-10-20-12/h5-6,8H,1-4,7,9-10H2. The fourth-order valence-corrected chi connectivity index (χ4v) is 3.09. The Morgan fingerprint density at radius 3 is 2.81 bits per heavy atom. The van der Waals surface area contributed by atoms with Crippen molar-refractivity contribution >= 4 is 5.78 Å². The highest BCUT2D eigenvalue weighted by Crippen LogP contribution is 2.36. The first-order chi connectivity index (χ1) is 10.1. The Bertz CT molecular complexity index is 585. The number of fused-ring (bicyclic) bond motifs is 1. The number of nitrogens with zero attached hydrogens (tertiary/aromatic N) is 1. The lowest BCUT2D eigenvalue weighted by Gasteiger charge is -2.22. The Morgan fingerprint density at radius 1 is 1.19 bits per heavy atom. The van der Waals surface area contributed by atoms with E-state index < -0.39 is 5.54 Å². The molecule has 6 nitrogen and oxygen atoms in total. The smallest absolute Gasteiger partial charge is 0.283 e. The molecule has 21 heavy (non-hydrogen) atoms. The molecule has 1 aliphatic carbocycles. The molecule has 0 N–H and O–H groups in total. The Morgan fingerprint density at radius 2 is 2.00 bits per heavy atom. The lowest BCUT2D eigenvalue weighted by molar-refractivity contribution is -0.553. The average Bonchev–Trinajstić information content (AvgIpc) is 2.84. The Kier molecular flexibility index (Phi) is 3.53. The topological polar surface area (TPSA) is 78.7 Å². The third-order valence-corrected chi connectivity index (χ3v) is 4.30. The number of ether oxygens (including phenoxy) is 2. The molecule has 112 valence electrons. The molecule has 1 aliphatic heterocycles. The van der Waals surface area contributed by atoms with E-state index in [9.17, 15) is 14.9 Å².